The second kappa shape index (κ2) is 6.32. The molecule has 1 unspecified atom stereocenters. The molecule has 0 aliphatic rings. The van der Waals surface area contributed by atoms with Crippen LogP contribution in [-0.2, 0) is 4.52 Å². The molecule has 0 fully saturated rings. The number of hydrogen-bond donors (Lipinski definition) is 0. The zero-order valence-corrected chi connectivity index (χ0v) is 11.4. The van der Waals surface area contributed by atoms with E-state index in [0.717, 1.165) is 5.75 Å². The lowest BCUT2D eigenvalue weighted by Gasteiger charge is -2.19. The fourth-order valence-corrected chi connectivity index (χ4v) is 1.60. The van der Waals surface area contributed by atoms with Crippen molar-refractivity contribution in [2.75, 3.05) is 7.11 Å². The summed E-state index contributed by atoms with van der Waals surface area (Å²) < 4.78 is 10.8. The molecule has 0 aliphatic carbocycles. The van der Waals surface area contributed by atoms with Crippen LogP contribution in [0.3, 0.4) is 0 Å². The molecule has 2 nitrogen and oxygen atoms in total. The minimum absolute atomic E-state index is 0. The van der Waals surface area contributed by atoms with Crippen molar-refractivity contribution in [1.29, 1.82) is 0 Å². The molecule has 1 atom stereocenters. The van der Waals surface area contributed by atoms with Gasteiger partial charge < -0.3 is 9.26 Å². The molecule has 1 aromatic rings. The second-order valence-electron chi connectivity index (χ2n) is 4.04. The zero-order chi connectivity index (χ0) is 10.6. The molecule has 86 valence electrons. The van der Waals surface area contributed by atoms with E-state index in [2.05, 4.69) is 20.8 Å². The van der Waals surface area contributed by atoms with Gasteiger partial charge in [0.1, 0.15) is 5.75 Å². The van der Waals surface area contributed by atoms with Crippen LogP contribution >= 0.6 is 21.2 Å². The van der Waals surface area contributed by atoms with Gasteiger partial charge in [0.25, 0.3) is 0 Å². The highest BCUT2D eigenvalue weighted by molar-refractivity contribution is 7.42. The number of rotatable bonds is 3. The Kier molecular flexibility index (Phi) is 6.19. The van der Waals surface area contributed by atoms with E-state index < -0.39 is 0 Å². The van der Waals surface area contributed by atoms with Crippen molar-refractivity contribution in [3.8, 4) is 5.75 Å². The summed E-state index contributed by atoms with van der Waals surface area (Å²) in [6.45, 7) is 6.18. The van der Waals surface area contributed by atoms with Crippen LogP contribution in [0.25, 0.3) is 0 Å². The monoisotopic (exact) mass is 248 g/mol. The third-order valence-corrected chi connectivity index (χ3v) is 2.85. The maximum Gasteiger partial charge on any atom is 0.118 e. The summed E-state index contributed by atoms with van der Waals surface area (Å²) in [7, 11) is 2.07. The molecule has 0 spiro atoms. The van der Waals surface area contributed by atoms with Crippen molar-refractivity contribution in [3.05, 3.63) is 24.3 Å². The van der Waals surface area contributed by atoms with Gasteiger partial charge in [-0.3, -0.25) is 0 Å². The van der Waals surface area contributed by atoms with E-state index in [1.807, 2.05) is 24.3 Å². The van der Waals surface area contributed by atoms with Gasteiger partial charge in [-0.25, -0.2) is 0 Å². The first-order valence-electron chi connectivity index (χ1n) is 4.59. The molecule has 0 amide bonds. The molecule has 0 saturated carbocycles. The molecule has 0 aliphatic heterocycles. The molecular weight excluding hydrogens is 231 g/mol. The van der Waals surface area contributed by atoms with E-state index in [9.17, 15) is 0 Å². The van der Waals surface area contributed by atoms with Gasteiger partial charge in [-0.1, -0.05) is 0 Å². The Morgan fingerprint density at radius 3 is 2.00 bits per heavy atom. The number of halogens is 1. The van der Waals surface area contributed by atoms with Crippen LogP contribution in [0.5, 0.6) is 5.75 Å². The Morgan fingerprint density at radius 1 is 1.07 bits per heavy atom. The smallest absolute Gasteiger partial charge is 0.118 e. The maximum atomic E-state index is 5.68. The SMILES string of the molecule is COc1ccc(POC(C)(C)C)cc1.Cl. The Hall–Kier alpha value is -0.300. The highest BCUT2D eigenvalue weighted by Crippen LogP contribution is 2.22. The van der Waals surface area contributed by atoms with Crippen LogP contribution in [0.4, 0.5) is 0 Å². The van der Waals surface area contributed by atoms with E-state index in [1.54, 1.807) is 7.11 Å². The van der Waals surface area contributed by atoms with Gasteiger partial charge in [0, 0.05) is 8.81 Å². The average Bonchev–Trinajstić information content (AvgIpc) is 2.14. The van der Waals surface area contributed by atoms with Crippen LogP contribution < -0.4 is 10.0 Å². The lowest BCUT2D eigenvalue weighted by Crippen LogP contribution is -2.15. The Balaban J connectivity index is 0.00000196. The second-order valence-corrected chi connectivity index (χ2v) is 5.03. The number of methoxy groups -OCH3 is 1. The van der Waals surface area contributed by atoms with E-state index in [4.69, 9.17) is 9.26 Å². The number of hydrogen-bond acceptors (Lipinski definition) is 2. The summed E-state index contributed by atoms with van der Waals surface area (Å²) in [4.78, 5) is 0. The van der Waals surface area contributed by atoms with Gasteiger partial charge in [-0.05, 0) is 50.3 Å². The zero-order valence-electron chi connectivity index (χ0n) is 9.53. The van der Waals surface area contributed by atoms with E-state index >= 15 is 0 Å². The summed E-state index contributed by atoms with van der Waals surface area (Å²) in [6.07, 6.45) is 0. The van der Waals surface area contributed by atoms with Crippen LogP contribution in [-0.4, -0.2) is 12.7 Å². The van der Waals surface area contributed by atoms with Crippen LogP contribution in [0, 0.1) is 0 Å². The van der Waals surface area contributed by atoms with Crippen molar-refractivity contribution in [2.45, 2.75) is 26.4 Å². The van der Waals surface area contributed by atoms with Crippen molar-refractivity contribution >= 4 is 26.5 Å². The van der Waals surface area contributed by atoms with Crippen molar-refractivity contribution in [1.82, 2.24) is 0 Å². The highest BCUT2D eigenvalue weighted by atomic mass is 35.5. The molecular formula is C11H18ClO2P. The van der Waals surface area contributed by atoms with Gasteiger partial charge in [0.05, 0.1) is 12.7 Å². The van der Waals surface area contributed by atoms with Crippen molar-refractivity contribution in [2.24, 2.45) is 0 Å². The fourth-order valence-electron chi connectivity index (χ4n) is 0.871. The molecule has 0 heterocycles. The topological polar surface area (TPSA) is 18.5 Å². The quantitative estimate of drug-likeness (QED) is 0.765. The standard InChI is InChI=1S/C11H17O2P.ClH/c1-11(2,3)13-14-10-7-5-9(12-4)6-8-10;/h5-8,14H,1-4H3;1H. The summed E-state index contributed by atoms with van der Waals surface area (Å²) in [5, 5.41) is 1.20. The van der Waals surface area contributed by atoms with Crippen LogP contribution in [0.15, 0.2) is 24.3 Å². The van der Waals surface area contributed by atoms with E-state index in [1.165, 1.54) is 5.30 Å². The minimum Gasteiger partial charge on any atom is -0.497 e. The predicted octanol–water partition coefficient (Wildman–Crippen LogP) is 3.15. The molecule has 1 rings (SSSR count). The van der Waals surface area contributed by atoms with Crippen molar-refractivity contribution in [3.63, 3.8) is 0 Å². The lowest BCUT2D eigenvalue weighted by atomic mass is 10.2. The molecule has 0 bridgehead atoms. The summed E-state index contributed by atoms with van der Waals surface area (Å²) in [5.74, 6) is 0.884. The Morgan fingerprint density at radius 2 is 1.60 bits per heavy atom. The molecule has 1 aromatic carbocycles. The largest absolute Gasteiger partial charge is 0.497 e. The first-order valence-corrected chi connectivity index (χ1v) is 5.50. The molecule has 0 saturated heterocycles. The van der Waals surface area contributed by atoms with Gasteiger partial charge in [0.15, 0.2) is 0 Å². The maximum absolute atomic E-state index is 5.68. The molecule has 0 N–H and O–H groups in total. The van der Waals surface area contributed by atoms with Gasteiger partial charge in [-0.2, -0.15) is 0 Å². The molecule has 0 radical (unpaired) electrons. The first kappa shape index (κ1) is 14.7. The summed E-state index contributed by atoms with van der Waals surface area (Å²) >= 11 is 0. The van der Waals surface area contributed by atoms with Gasteiger partial charge in [0.2, 0.25) is 0 Å². The third-order valence-electron chi connectivity index (χ3n) is 1.57. The van der Waals surface area contributed by atoms with Gasteiger partial charge >= 0.3 is 0 Å². The third kappa shape index (κ3) is 5.99. The normalized spacial score (nSPS) is 11.5. The van der Waals surface area contributed by atoms with E-state index in [-0.39, 0.29) is 18.0 Å². The average molecular weight is 249 g/mol. The number of ether oxygens (including phenoxy) is 1. The molecule has 4 heteroatoms. The van der Waals surface area contributed by atoms with Crippen LogP contribution in [0.1, 0.15) is 20.8 Å². The highest BCUT2D eigenvalue weighted by Gasteiger charge is 2.09. The van der Waals surface area contributed by atoms with Crippen LogP contribution in [0.2, 0.25) is 0 Å². The van der Waals surface area contributed by atoms with Crippen molar-refractivity contribution < 1.29 is 9.26 Å². The Bertz CT molecular complexity index is 280. The Labute approximate surface area is 99.6 Å². The first-order chi connectivity index (χ1) is 6.51. The number of benzene rings is 1. The minimum atomic E-state index is -0.0711. The molecule has 15 heavy (non-hydrogen) atoms. The fraction of sp³-hybridized carbons (Fsp3) is 0.455. The summed E-state index contributed by atoms with van der Waals surface area (Å²) in [6, 6.07) is 7.97. The summed E-state index contributed by atoms with van der Waals surface area (Å²) in [5.41, 5.74) is -0.0711. The predicted molar refractivity (Wildman–Crippen MR) is 69.0 cm³/mol. The van der Waals surface area contributed by atoms with E-state index in [0.29, 0.717) is 8.81 Å². The van der Waals surface area contributed by atoms with Gasteiger partial charge in [-0.15, -0.1) is 12.4 Å². The lowest BCUT2D eigenvalue weighted by molar-refractivity contribution is 0.159. The molecule has 0 aromatic heterocycles.